The molecular formula is C26H42O9. The van der Waals surface area contributed by atoms with Crippen LogP contribution in [0.2, 0.25) is 0 Å². The Labute approximate surface area is 206 Å². The molecule has 1 aliphatic heterocycles. The lowest BCUT2D eigenvalue weighted by molar-refractivity contribution is -0.317. The van der Waals surface area contributed by atoms with Crippen LogP contribution in [0.3, 0.4) is 0 Å². The molecule has 9 nitrogen and oxygen atoms in total. The van der Waals surface area contributed by atoms with E-state index >= 15 is 0 Å². The van der Waals surface area contributed by atoms with E-state index in [-0.39, 0.29) is 17.9 Å². The van der Waals surface area contributed by atoms with Crippen LogP contribution in [-0.4, -0.2) is 98.0 Å². The van der Waals surface area contributed by atoms with Gasteiger partial charge in [0.15, 0.2) is 6.29 Å². The summed E-state index contributed by atoms with van der Waals surface area (Å²) in [5.41, 5.74) is -0.525. The molecule has 13 atom stereocenters. The summed E-state index contributed by atoms with van der Waals surface area (Å²) in [5.74, 6) is -0.335. The van der Waals surface area contributed by atoms with Crippen molar-refractivity contribution in [1.29, 1.82) is 0 Å². The molecule has 1 heterocycles. The highest BCUT2D eigenvalue weighted by Gasteiger charge is 2.64. The Bertz CT molecular complexity index is 832. The molecule has 9 heteroatoms. The largest absolute Gasteiger partial charge is 0.394 e. The van der Waals surface area contributed by atoms with E-state index in [1.54, 1.807) is 6.92 Å². The van der Waals surface area contributed by atoms with Crippen LogP contribution in [-0.2, 0) is 9.47 Å². The molecule has 3 aliphatic carbocycles. The van der Waals surface area contributed by atoms with E-state index in [4.69, 9.17) is 9.47 Å². The van der Waals surface area contributed by atoms with Crippen LogP contribution in [0.5, 0.6) is 0 Å². The van der Waals surface area contributed by atoms with Crippen LogP contribution in [0, 0.1) is 28.1 Å². The summed E-state index contributed by atoms with van der Waals surface area (Å²) in [6.45, 7) is 9.21. The highest BCUT2D eigenvalue weighted by atomic mass is 16.7. The zero-order valence-electron chi connectivity index (χ0n) is 20.8. The molecule has 7 N–H and O–H groups in total. The molecule has 4 aliphatic rings. The van der Waals surface area contributed by atoms with Crippen molar-refractivity contribution in [2.24, 2.45) is 28.1 Å². The molecule has 200 valence electrons. The summed E-state index contributed by atoms with van der Waals surface area (Å²) in [6, 6.07) is 0. The predicted molar refractivity (Wildman–Crippen MR) is 126 cm³/mol. The van der Waals surface area contributed by atoms with E-state index in [2.05, 4.69) is 20.4 Å². The smallest absolute Gasteiger partial charge is 0.186 e. The van der Waals surface area contributed by atoms with Crippen molar-refractivity contribution in [2.45, 2.75) is 95.5 Å². The van der Waals surface area contributed by atoms with Crippen LogP contribution in [0.15, 0.2) is 24.3 Å². The molecule has 0 spiro atoms. The molecule has 1 saturated heterocycles. The van der Waals surface area contributed by atoms with Crippen LogP contribution in [0.25, 0.3) is 0 Å². The first-order valence-corrected chi connectivity index (χ1v) is 12.6. The average Bonchev–Trinajstić information content (AvgIpc) is 2.80. The standard InChI is InChI=1S/C26H42O9/c1-5-24(2)7-6-14-13(9-24)8-15(28)21-25(14,3)10-16(29)22(33)26(21,4)12-34-23-20(32)19(31)18(30)17(11-27)35-23/h5,8,14-23,27-33H,1,6-7,9-12H2,2-4H3/t14-,15+,16+,17+,18+,19+,20-,21+,22-,23+,24-,25+,26+/m0/s1. The van der Waals surface area contributed by atoms with Gasteiger partial charge in [0.2, 0.25) is 0 Å². The van der Waals surface area contributed by atoms with Gasteiger partial charge in [0.05, 0.1) is 31.5 Å². The minimum atomic E-state index is -1.59. The second kappa shape index (κ2) is 9.45. The zero-order chi connectivity index (χ0) is 25.9. The summed E-state index contributed by atoms with van der Waals surface area (Å²) >= 11 is 0. The molecule has 0 amide bonds. The van der Waals surface area contributed by atoms with Gasteiger partial charge in [-0.2, -0.15) is 0 Å². The first kappa shape index (κ1) is 27.2. The molecule has 3 fully saturated rings. The Morgan fingerprint density at radius 2 is 1.77 bits per heavy atom. The fraction of sp³-hybridized carbons (Fsp3) is 0.846. The monoisotopic (exact) mass is 498 g/mol. The fourth-order valence-corrected chi connectivity index (χ4v) is 7.60. The number of hydrogen-bond donors (Lipinski definition) is 7. The van der Waals surface area contributed by atoms with Gasteiger partial charge in [0.1, 0.15) is 24.4 Å². The lowest BCUT2D eigenvalue weighted by atomic mass is 9.44. The van der Waals surface area contributed by atoms with Gasteiger partial charge in [0, 0.05) is 11.3 Å². The van der Waals surface area contributed by atoms with Crippen molar-refractivity contribution in [3.8, 4) is 0 Å². The highest BCUT2D eigenvalue weighted by Crippen LogP contribution is 2.63. The van der Waals surface area contributed by atoms with Crippen LogP contribution in [0.1, 0.15) is 46.5 Å². The van der Waals surface area contributed by atoms with Gasteiger partial charge in [-0.3, -0.25) is 0 Å². The molecule has 35 heavy (non-hydrogen) atoms. The Morgan fingerprint density at radius 1 is 1.09 bits per heavy atom. The number of hydrogen-bond acceptors (Lipinski definition) is 9. The molecule has 0 aromatic carbocycles. The predicted octanol–water partition coefficient (Wildman–Crippen LogP) is -0.149. The van der Waals surface area contributed by atoms with Crippen molar-refractivity contribution >= 4 is 0 Å². The fourth-order valence-electron chi connectivity index (χ4n) is 7.60. The first-order chi connectivity index (χ1) is 16.3. The molecule has 0 radical (unpaired) electrons. The molecular weight excluding hydrogens is 456 g/mol. The van der Waals surface area contributed by atoms with Gasteiger partial charge in [-0.05, 0) is 42.4 Å². The van der Waals surface area contributed by atoms with Gasteiger partial charge >= 0.3 is 0 Å². The maximum atomic E-state index is 11.4. The summed E-state index contributed by atoms with van der Waals surface area (Å²) in [5, 5.41) is 73.5. The Balaban J connectivity index is 1.63. The van der Waals surface area contributed by atoms with E-state index in [0.717, 1.165) is 24.8 Å². The maximum Gasteiger partial charge on any atom is 0.186 e. The Hall–Kier alpha value is -0.880. The lowest BCUT2D eigenvalue weighted by Gasteiger charge is -2.63. The second-order valence-corrected chi connectivity index (χ2v) is 12.1. The third-order valence-corrected chi connectivity index (χ3v) is 9.59. The molecule has 0 aromatic rings. The van der Waals surface area contributed by atoms with E-state index in [1.807, 2.05) is 12.2 Å². The topological polar surface area (TPSA) is 160 Å². The van der Waals surface area contributed by atoms with Crippen molar-refractivity contribution < 1.29 is 45.2 Å². The third-order valence-electron chi connectivity index (χ3n) is 9.59. The van der Waals surface area contributed by atoms with Crippen molar-refractivity contribution in [2.75, 3.05) is 13.2 Å². The quantitative estimate of drug-likeness (QED) is 0.256. The SMILES string of the molecule is C=C[C@@]1(C)CC[C@H]2C(=C[C@@H](O)[C@@H]3[C@]2(C)C[C@@H](O)[C@H](O)[C@]3(C)CO[C@@H]2O[C@H](CO)[C@@H](O)[C@@H](O)[C@@H]2O)C1. The Morgan fingerprint density at radius 3 is 2.40 bits per heavy atom. The number of fused-ring (bicyclic) bond motifs is 3. The summed E-state index contributed by atoms with van der Waals surface area (Å²) < 4.78 is 11.3. The van der Waals surface area contributed by atoms with Crippen LogP contribution in [0.4, 0.5) is 0 Å². The summed E-state index contributed by atoms with van der Waals surface area (Å²) in [7, 11) is 0. The maximum absolute atomic E-state index is 11.4. The van der Waals surface area contributed by atoms with E-state index in [1.165, 1.54) is 0 Å². The van der Waals surface area contributed by atoms with E-state index in [9.17, 15) is 35.7 Å². The zero-order valence-corrected chi connectivity index (χ0v) is 20.8. The number of aliphatic hydroxyl groups excluding tert-OH is 7. The number of aliphatic hydroxyl groups is 7. The normalized spacial score (nSPS) is 54.4. The van der Waals surface area contributed by atoms with E-state index < -0.39 is 72.4 Å². The highest BCUT2D eigenvalue weighted by molar-refractivity contribution is 5.29. The van der Waals surface area contributed by atoms with Gasteiger partial charge in [-0.1, -0.05) is 38.5 Å². The minimum Gasteiger partial charge on any atom is -0.394 e. The first-order valence-electron chi connectivity index (χ1n) is 12.6. The molecule has 0 aromatic heterocycles. The Kier molecular flexibility index (Phi) is 7.34. The van der Waals surface area contributed by atoms with Crippen molar-refractivity contribution in [3.05, 3.63) is 24.3 Å². The number of rotatable bonds is 5. The van der Waals surface area contributed by atoms with Crippen LogP contribution >= 0.6 is 0 Å². The van der Waals surface area contributed by atoms with Gasteiger partial charge < -0.3 is 45.2 Å². The van der Waals surface area contributed by atoms with Crippen LogP contribution < -0.4 is 0 Å². The second-order valence-electron chi connectivity index (χ2n) is 12.1. The summed E-state index contributed by atoms with van der Waals surface area (Å²) in [4.78, 5) is 0. The molecule has 0 bridgehead atoms. The van der Waals surface area contributed by atoms with E-state index in [0.29, 0.717) is 6.42 Å². The van der Waals surface area contributed by atoms with Gasteiger partial charge in [0.25, 0.3) is 0 Å². The third kappa shape index (κ3) is 4.32. The van der Waals surface area contributed by atoms with Crippen molar-refractivity contribution in [3.63, 3.8) is 0 Å². The summed E-state index contributed by atoms with van der Waals surface area (Å²) in [6.07, 6.45) is -3.49. The molecule has 2 saturated carbocycles. The number of allylic oxidation sites excluding steroid dienone is 2. The average molecular weight is 499 g/mol. The van der Waals surface area contributed by atoms with Crippen molar-refractivity contribution in [1.82, 2.24) is 0 Å². The molecule has 4 rings (SSSR count). The van der Waals surface area contributed by atoms with Gasteiger partial charge in [-0.25, -0.2) is 0 Å². The van der Waals surface area contributed by atoms with Gasteiger partial charge in [-0.15, -0.1) is 6.58 Å². The minimum absolute atomic E-state index is 0.0480. The lowest BCUT2D eigenvalue weighted by Crippen LogP contribution is -2.66. The molecule has 0 unspecified atom stereocenters. The number of ether oxygens (including phenoxy) is 2.